The van der Waals surface area contributed by atoms with E-state index >= 15 is 0 Å². The van der Waals surface area contributed by atoms with Crippen LogP contribution in [-0.4, -0.2) is 179 Å². The Balaban J connectivity index is 1.36. The second-order valence-corrected chi connectivity index (χ2v) is 25.9. The van der Waals surface area contributed by atoms with Crippen LogP contribution in [0.3, 0.4) is 0 Å². The SMILES string of the molecule is CC[C@H](C)[C@@H]([C@@H](CC(=O)N1CCC[C@H]1[C@H](C)[C@@H](C)C(=O)N[C@H](C)[C@@H](O)c1ccccc1)OC)N(C)C(=O)[C@@H](NC(=O)[C@H](C(C)C)N(C)C(=O)OCc1ccc(NC(=O)[C@H](CCCNC(N)=O)NC(=O)[C@@H](NC(=O)CCCCCN2C(=O)C=CC2=O)C(C)C)cc1)C(C)C. The van der Waals surface area contributed by atoms with Crippen LogP contribution in [0.5, 0.6) is 0 Å². The molecule has 0 saturated carbocycles. The Labute approximate surface area is 549 Å². The van der Waals surface area contributed by atoms with Crippen molar-refractivity contribution in [1.29, 1.82) is 0 Å². The molecule has 0 bridgehead atoms. The molecule has 25 nitrogen and oxygen atoms in total. The number of anilines is 1. The zero-order chi connectivity index (χ0) is 69.4. The van der Waals surface area contributed by atoms with Gasteiger partial charge in [-0.3, -0.25) is 53.0 Å². The van der Waals surface area contributed by atoms with Gasteiger partial charge < -0.3 is 62.0 Å². The molecule has 9 N–H and O–H groups in total. The van der Waals surface area contributed by atoms with Crippen LogP contribution in [0.25, 0.3) is 0 Å². The van der Waals surface area contributed by atoms with E-state index in [1.165, 1.54) is 31.2 Å². The van der Waals surface area contributed by atoms with Gasteiger partial charge in [0.25, 0.3) is 11.8 Å². The number of methoxy groups -OCH3 is 1. The number of amides is 12. The maximum Gasteiger partial charge on any atom is 0.410 e. The van der Waals surface area contributed by atoms with Gasteiger partial charge in [0.15, 0.2) is 0 Å². The van der Waals surface area contributed by atoms with Crippen molar-refractivity contribution in [2.24, 2.45) is 41.2 Å². The topological polar surface area (TPSA) is 338 Å². The summed E-state index contributed by atoms with van der Waals surface area (Å²) in [6.45, 7) is 20.8. The summed E-state index contributed by atoms with van der Waals surface area (Å²) in [7, 11) is 4.60. The molecule has 12 amide bonds. The van der Waals surface area contributed by atoms with Crippen LogP contribution in [0.1, 0.15) is 158 Å². The zero-order valence-electron chi connectivity index (χ0n) is 57.0. The third-order valence-corrected chi connectivity index (χ3v) is 18.0. The van der Waals surface area contributed by atoms with Crippen molar-refractivity contribution in [2.45, 2.75) is 201 Å². The van der Waals surface area contributed by atoms with Crippen molar-refractivity contribution >= 4 is 71.0 Å². The van der Waals surface area contributed by atoms with Crippen molar-refractivity contribution in [2.75, 3.05) is 46.2 Å². The number of ether oxygens (including phenoxy) is 2. The minimum absolute atomic E-state index is 0.0405. The average Bonchev–Trinajstić information content (AvgIpc) is 1.79. The molecule has 1 saturated heterocycles. The van der Waals surface area contributed by atoms with Gasteiger partial charge in [0.2, 0.25) is 41.4 Å². The highest BCUT2D eigenvalue weighted by atomic mass is 16.6. The Morgan fingerprint density at radius 3 is 1.94 bits per heavy atom. The molecule has 2 aliphatic heterocycles. The van der Waals surface area contributed by atoms with Gasteiger partial charge in [-0.15, -0.1) is 0 Å². The summed E-state index contributed by atoms with van der Waals surface area (Å²) in [5.41, 5.74) is 6.81. The van der Waals surface area contributed by atoms with Crippen molar-refractivity contribution in [3.8, 4) is 0 Å². The monoisotopic (exact) mass is 1300 g/mol. The predicted octanol–water partition coefficient (Wildman–Crippen LogP) is 5.70. The predicted molar refractivity (Wildman–Crippen MR) is 352 cm³/mol. The molecule has 0 radical (unpaired) electrons. The van der Waals surface area contributed by atoms with Crippen molar-refractivity contribution < 1.29 is 67.3 Å². The lowest BCUT2D eigenvalue weighted by atomic mass is 9.86. The first kappa shape index (κ1) is 77.5. The number of urea groups is 1. The summed E-state index contributed by atoms with van der Waals surface area (Å²) in [5.74, 6) is -5.76. The fourth-order valence-electron chi connectivity index (χ4n) is 12.0. The van der Waals surface area contributed by atoms with E-state index in [1.807, 2.05) is 76.8 Å². The number of nitrogens with two attached hydrogens (primary N) is 1. The molecule has 0 unspecified atom stereocenters. The maximum atomic E-state index is 14.8. The van der Waals surface area contributed by atoms with Crippen molar-refractivity contribution in [3.63, 3.8) is 0 Å². The smallest absolute Gasteiger partial charge is 0.410 e. The molecule has 2 aromatic rings. The largest absolute Gasteiger partial charge is 0.445 e. The standard InChI is InChI=1S/C68H105N11O14/c1-15-43(8)60(52(92-14)38-56(83)78-37-23-27-51(78)44(9)45(10)62(85)71-46(11)61(84)48-24-18-16-19-25-48)76(12)66(89)58(41(4)5)75-65(88)59(42(6)7)77(13)68(91)93-39-47-29-31-49(32-30-47)72-63(86)50(26-22-35-70-67(69)90)73-64(87)57(40(2)3)74-53(80)28-20-17-21-36-79-54(81)33-34-55(79)82/h16,18-19,24-25,29-34,40-46,50-52,57-61,84H,15,17,20-23,26-28,35-39H2,1-14H3,(H,71,85)(H,72,86)(H,73,87)(H,74,80)(H,75,88)(H3,69,70,90)/t43-,44+,45+,46+,50-,51-,52+,57-,58-,59-,60-,61+/m0/s1. The third-order valence-electron chi connectivity index (χ3n) is 18.0. The zero-order valence-corrected chi connectivity index (χ0v) is 57.0. The first-order chi connectivity index (χ1) is 43.9. The lowest BCUT2D eigenvalue weighted by molar-refractivity contribution is -0.146. The van der Waals surface area contributed by atoms with Crippen molar-refractivity contribution in [1.82, 2.24) is 46.2 Å². The van der Waals surface area contributed by atoms with E-state index < -0.39 is 102 Å². The molecule has 2 aromatic carbocycles. The second-order valence-electron chi connectivity index (χ2n) is 25.9. The van der Waals surface area contributed by atoms with Crippen LogP contribution in [0.2, 0.25) is 0 Å². The molecule has 2 heterocycles. The number of nitrogens with one attached hydrogen (secondary N) is 6. The number of imide groups is 1. The van der Waals surface area contributed by atoms with Crippen LogP contribution >= 0.6 is 0 Å². The number of likely N-dealkylation sites (N-methyl/N-ethyl adjacent to an activating group) is 2. The van der Waals surface area contributed by atoms with Gasteiger partial charge in [0.05, 0.1) is 30.7 Å². The van der Waals surface area contributed by atoms with Gasteiger partial charge in [-0.1, -0.05) is 125 Å². The van der Waals surface area contributed by atoms with E-state index in [0.29, 0.717) is 55.5 Å². The molecule has 1 fully saturated rings. The van der Waals surface area contributed by atoms with Crippen LogP contribution in [0, 0.1) is 35.5 Å². The Morgan fingerprint density at radius 2 is 1.35 bits per heavy atom. The number of benzene rings is 2. The van der Waals surface area contributed by atoms with Gasteiger partial charge in [-0.25, -0.2) is 9.59 Å². The molecule has 2 aliphatic rings. The number of hydrogen-bond acceptors (Lipinski definition) is 14. The molecule has 4 rings (SSSR count). The number of unbranched alkanes of at least 4 members (excludes halogenated alkanes) is 2. The number of primary amides is 1. The number of carbonyl (C=O) groups excluding carboxylic acids is 11. The highest BCUT2D eigenvalue weighted by Gasteiger charge is 2.43. The Hall–Kier alpha value is -7.93. The number of aliphatic hydroxyl groups is 1. The minimum Gasteiger partial charge on any atom is -0.445 e. The van der Waals surface area contributed by atoms with Crippen molar-refractivity contribution in [3.05, 3.63) is 77.9 Å². The van der Waals surface area contributed by atoms with Crippen LogP contribution in [-0.2, 0) is 59.2 Å². The Kier molecular flexibility index (Phi) is 31.4. The van der Waals surface area contributed by atoms with E-state index in [-0.39, 0.29) is 98.7 Å². The summed E-state index contributed by atoms with van der Waals surface area (Å²) in [6.07, 6.45) is 3.97. The first-order valence-electron chi connectivity index (χ1n) is 32.8. The van der Waals surface area contributed by atoms with E-state index in [0.717, 1.165) is 11.3 Å². The molecule has 0 aliphatic carbocycles. The number of aliphatic hydroxyl groups excluding tert-OH is 1. The summed E-state index contributed by atoms with van der Waals surface area (Å²) in [4.78, 5) is 152. The highest BCUT2D eigenvalue weighted by molar-refractivity contribution is 6.12. The Morgan fingerprint density at radius 1 is 0.720 bits per heavy atom. The van der Waals surface area contributed by atoms with E-state index in [9.17, 15) is 57.8 Å². The second kappa shape index (κ2) is 37.7. The van der Waals surface area contributed by atoms with Crippen LogP contribution in [0.15, 0.2) is 66.7 Å². The van der Waals surface area contributed by atoms with Gasteiger partial charge >= 0.3 is 12.1 Å². The lowest BCUT2D eigenvalue weighted by Gasteiger charge is -2.41. The maximum absolute atomic E-state index is 14.8. The van der Waals surface area contributed by atoms with Crippen LogP contribution in [0.4, 0.5) is 15.3 Å². The number of hydrogen-bond donors (Lipinski definition) is 8. The van der Waals surface area contributed by atoms with Gasteiger partial charge in [0.1, 0.15) is 30.8 Å². The minimum atomic E-state index is -1.11. The molecule has 93 heavy (non-hydrogen) atoms. The summed E-state index contributed by atoms with van der Waals surface area (Å²) < 4.78 is 11.8. The fraction of sp³-hybridized carbons (Fsp3) is 0.632. The van der Waals surface area contributed by atoms with Gasteiger partial charge in [0, 0.05) is 77.1 Å². The van der Waals surface area contributed by atoms with Gasteiger partial charge in [-0.2, -0.15) is 0 Å². The molecule has 12 atom stereocenters. The summed E-state index contributed by atoms with van der Waals surface area (Å²) >= 11 is 0. The Bertz CT molecular complexity index is 2850. The molecular weight excluding hydrogens is 1190 g/mol. The summed E-state index contributed by atoms with van der Waals surface area (Å²) in [5, 5.41) is 27.6. The normalized spacial score (nSPS) is 17.5. The first-order valence-corrected chi connectivity index (χ1v) is 32.8. The number of rotatable bonds is 37. The fourth-order valence-corrected chi connectivity index (χ4v) is 12.0. The van der Waals surface area contributed by atoms with Gasteiger partial charge in [-0.05, 0) is 98.3 Å². The van der Waals surface area contributed by atoms with E-state index in [2.05, 4.69) is 31.9 Å². The number of likely N-dealkylation sites (tertiary alicyclic amines) is 1. The molecular formula is C68H105N11O14. The van der Waals surface area contributed by atoms with E-state index in [1.54, 1.807) is 70.8 Å². The van der Waals surface area contributed by atoms with Crippen LogP contribution < -0.4 is 37.6 Å². The van der Waals surface area contributed by atoms with E-state index in [4.69, 9.17) is 15.2 Å². The molecule has 0 aromatic heterocycles. The molecule has 516 valence electrons. The highest BCUT2D eigenvalue weighted by Crippen LogP contribution is 2.32. The molecule has 25 heteroatoms. The summed E-state index contributed by atoms with van der Waals surface area (Å²) in [6, 6.07) is 9.16. The quantitative estimate of drug-likeness (QED) is 0.0297. The third kappa shape index (κ3) is 23.0. The average molecular weight is 1300 g/mol. The number of nitrogens with zero attached hydrogens (tertiary/aromatic N) is 4. The molecule has 0 spiro atoms. The lowest BCUT2D eigenvalue weighted by Crippen LogP contribution is -2.60. The number of carbonyl (C=O) groups is 11.